The molecule has 1 aromatic heterocycles. The zero-order chi connectivity index (χ0) is 21.7. The summed E-state index contributed by atoms with van der Waals surface area (Å²) in [6.07, 6.45) is 0. The molecule has 0 bridgehead atoms. The highest BCUT2D eigenvalue weighted by Gasteiger charge is 2.24. The molecule has 4 nitrogen and oxygen atoms in total. The molecule has 3 aromatic rings. The number of benzene rings is 2. The van der Waals surface area contributed by atoms with Crippen molar-refractivity contribution in [2.24, 2.45) is 0 Å². The summed E-state index contributed by atoms with van der Waals surface area (Å²) < 4.78 is 1.13. The number of anilines is 1. The summed E-state index contributed by atoms with van der Waals surface area (Å²) in [6.45, 7) is 14.1. The molecule has 0 spiro atoms. The first-order chi connectivity index (χ1) is 14.5. The zero-order valence-corrected chi connectivity index (χ0v) is 20.2. The Balaban J connectivity index is 2.01. The minimum absolute atomic E-state index is 0.0335. The van der Waals surface area contributed by atoms with E-state index in [0.717, 1.165) is 51.2 Å². The van der Waals surface area contributed by atoms with Crippen LogP contribution in [0.4, 0.5) is 5.13 Å². The number of fused-ring (bicyclic) bond motifs is 1. The summed E-state index contributed by atoms with van der Waals surface area (Å²) in [5.74, 6) is 0.967. The summed E-state index contributed by atoms with van der Waals surface area (Å²) in [6, 6.07) is 12.2. The first-order valence-corrected chi connectivity index (χ1v) is 12.4. The summed E-state index contributed by atoms with van der Waals surface area (Å²) in [4.78, 5) is 23.8. The van der Waals surface area contributed by atoms with Gasteiger partial charge in [-0.3, -0.25) is 9.69 Å². The fourth-order valence-electron chi connectivity index (χ4n) is 3.42. The van der Waals surface area contributed by atoms with Crippen LogP contribution in [0, 0.1) is 13.8 Å². The van der Waals surface area contributed by atoms with E-state index in [4.69, 9.17) is 4.98 Å². The first-order valence-electron chi connectivity index (χ1n) is 10.6. The van der Waals surface area contributed by atoms with Gasteiger partial charge >= 0.3 is 0 Å². The van der Waals surface area contributed by atoms with E-state index in [9.17, 15) is 4.79 Å². The number of hydrogen-bond acceptors (Lipinski definition) is 5. The van der Waals surface area contributed by atoms with E-state index in [1.807, 2.05) is 29.2 Å². The predicted octanol–water partition coefficient (Wildman–Crippen LogP) is 6.01. The summed E-state index contributed by atoms with van der Waals surface area (Å²) in [5, 5.41) is 0.781. The number of nitrogens with zero attached hydrogens (tertiary/aromatic N) is 3. The molecule has 6 heteroatoms. The van der Waals surface area contributed by atoms with Gasteiger partial charge in [0.2, 0.25) is 0 Å². The van der Waals surface area contributed by atoms with E-state index < -0.39 is 0 Å². The number of thiazole rings is 1. The van der Waals surface area contributed by atoms with E-state index in [1.165, 1.54) is 11.1 Å². The molecule has 30 heavy (non-hydrogen) atoms. The smallest absolute Gasteiger partial charge is 0.261 e. The van der Waals surface area contributed by atoms with Gasteiger partial charge in [-0.15, -0.1) is 11.8 Å². The van der Waals surface area contributed by atoms with E-state index in [-0.39, 0.29) is 5.91 Å². The first kappa shape index (κ1) is 22.8. The van der Waals surface area contributed by atoms with Gasteiger partial charge in [0.15, 0.2) is 5.13 Å². The van der Waals surface area contributed by atoms with E-state index in [2.05, 4.69) is 51.7 Å². The normalized spacial score (nSPS) is 11.4. The number of hydrogen-bond donors (Lipinski definition) is 0. The molecule has 0 atom stereocenters. The van der Waals surface area contributed by atoms with Gasteiger partial charge in [-0.2, -0.15) is 0 Å². The second kappa shape index (κ2) is 10.4. The molecule has 0 aliphatic carbocycles. The lowest BCUT2D eigenvalue weighted by Crippen LogP contribution is -2.39. The van der Waals surface area contributed by atoms with E-state index >= 15 is 0 Å². The van der Waals surface area contributed by atoms with Crippen molar-refractivity contribution in [2.45, 2.75) is 39.5 Å². The average Bonchev–Trinajstić information content (AvgIpc) is 3.14. The number of aromatic nitrogens is 1. The van der Waals surface area contributed by atoms with E-state index in [0.29, 0.717) is 6.54 Å². The van der Waals surface area contributed by atoms with Crippen LogP contribution in [0.25, 0.3) is 10.2 Å². The van der Waals surface area contributed by atoms with Crippen molar-refractivity contribution in [1.82, 2.24) is 9.88 Å². The monoisotopic (exact) mass is 441 g/mol. The molecule has 2 aromatic carbocycles. The van der Waals surface area contributed by atoms with Crippen LogP contribution in [0.15, 0.2) is 41.3 Å². The Bertz CT molecular complexity index is 972. The SMILES string of the molecule is CCSc1ccccc1C(=O)N(CCN(CC)CC)c1nc2cc(C)c(C)cc2s1. The number of aryl methyl sites for hydroxylation is 2. The molecular weight excluding hydrogens is 410 g/mol. The Kier molecular flexibility index (Phi) is 7.92. The van der Waals surface area contributed by atoms with Crippen molar-refractivity contribution in [3.8, 4) is 0 Å². The molecule has 0 fully saturated rings. The molecule has 0 radical (unpaired) electrons. The molecule has 0 aliphatic heterocycles. The quantitative estimate of drug-likeness (QED) is 0.381. The fourth-order valence-corrected chi connectivity index (χ4v) is 5.29. The third-order valence-corrected chi connectivity index (χ3v) is 7.42. The van der Waals surface area contributed by atoms with Gasteiger partial charge < -0.3 is 4.90 Å². The predicted molar refractivity (Wildman–Crippen MR) is 131 cm³/mol. The van der Waals surface area contributed by atoms with Crippen molar-refractivity contribution in [2.75, 3.05) is 36.8 Å². The summed E-state index contributed by atoms with van der Waals surface area (Å²) in [7, 11) is 0. The van der Waals surface area contributed by atoms with Crippen LogP contribution < -0.4 is 4.90 Å². The highest BCUT2D eigenvalue weighted by molar-refractivity contribution is 7.99. The van der Waals surface area contributed by atoms with Crippen LogP contribution in [-0.2, 0) is 0 Å². The van der Waals surface area contributed by atoms with Crippen LogP contribution in [0.3, 0.4) is 0 Å². The zero-order valence-electron chi connectivity index (χ0n) is 18.6. The molecule has 0 N–H and O–H groups in total. The van der Waals surface area contributed by atoms with E-state index in [1.54, 1.807) is 23.1 Å². The topological polar surface area (TPSA) is 36.4 Å². The van der Waals surface area contributed by atoms with Crippen molar-refractivity contribution in [1.29, 1.82) is 0 Å². The molecule has 1 amide bonds. The third-order valence-electron chi connectivity index (χ3n) is 5.42. The number of thioether (sulfide) groups is 1. The van der Waals surface area contributed by atoms with Gasteiger partial charge in [0.25, 0.3) is 5.91 Å². The lowest BCUT2D eigenvalue weighted by atomic mass is 10.1. The largest absolute Gasteiger partial charge is 0.302 e. The molecule has 160 valence electrons. The summed E-state index contributed by atoms with van der Waals surface area (Å²) >= 11 is 3.32. The average molecular weight is 442 g/mol. The fraction of sp³-hybridized carbons (Fsp3) is 0.417. The molecule has 0 saturated heterocycles. The lowest BCUT2D eigenvalue weighted by molar-refractivity contribution is 0.0981. The van der Waals surface area contributed by atoms with Gasteiger partial charge in [0.05, 0.1) is 15.8 Å². The lowest BCUT2D eigenvalue weighted by Gasteiger charge is -2.25. The van der Waals surface area contributed by atoms with Crippen LogP contribution in [0.1, 0.15) is 42.3 Å². The number of rotatable bonds is 9. The van der Waals surface area contributed by atoms with Crippen LogP contribution in [0.2, 0.25) is 0 Å². The Morgan fingerprint density at radius 2 is 1.73 bits per heavy atom. The maximum Gasteiger partial charge on any atom is 0.261 e. The Hall–Kier alpha value is -1.89. The number of likely N-dealkylation sites (N-methyl/N-ethyl adjacent to an activating group) is 1. The minimum atomic E-state index is 0.0335. The Morgan fingerprint density at radius 1 is 1.03 bits per heavy atom. The molecule has 3 rings (SSSR count). The second-order valence-corrected chi connectivity index (χ2v) is 9.63. The molecule has 0 unspecified atom stereocenters. The number of carbonyl (C=O) groups is 1. The molecule has 1 heterocycles. The molecule has 0 saturated carbocycles. The van der Waals surface area contributed by atoms with Gasteiger partial charge in [0, 0.05) is 18.0 Å². The number of carbonyl (C=O) groups excluding carboxylic acids is 1. The van der Waals surface area contributed by atoms with Crippen LogP contribution in [-0.4, -0.2) is 47.7 Å². The van der Waals surface area contributed by atoms with Crippen molar-refractivity contribution in [3.63, 3.8) is 0 Å². The van der Waals surface area contributed by atoms with Crippen LogP contribution in [0.5, 0.6) is 0 Å². The molecular formula is C24H31N3OS2. The standard InChI is InChI=1S/C24H31N3OS2/c1-6-26(7-2)13-14-27(23(28)19-11-9-10-12-21(19)29-8-3)24-25-20-15-17(4)18(5)16-22(20)30-24/h9-12,15-16H,6-8,13-14H2,1-5H3. The highest BCUT2D eigenvalue weighted by Crippen LogP contribution is 2.33. The molecule has 0 aliphatic rings. The third kappa shape index (κ3) is 5.05. The maximum absolute atomic E-state index is 13.7. The highest BCUT2D eigenvalue weighted by atomic mass is 32.2. The number of amides is 1. The van der Waals surface area contributed by atoms with Gasteiger partial charge in [-0.1, -0.05) is 44.2 Å². The van der Waals surface area contributed by atoms with Gasteiger partial charge in [0.1, 0.15) is 0 Å². The van der Waals surface area contributed by atoms with Crippen molar-refractivity contribution >= 4 is 44.4 Å². The minimum Gasteiger partial charge on any atom is -0.302 e. The Labute approximate surface area is 188 Å². The van der Waals surface area contributed by atoms with Crippen molar-refractivity contribution < 1.29 is 4.79 Å². The second-order valence-electron chi connectivity index (χ2n) is 7.31. The Morgan fingerprint density at radius 3 is 2.43 bits per heavy atom. The van der Waals surface area contributed by atoms with Crippen LogP contribution >= 0.6 is 23.1 Å². The van der Waals surface area contributed by atoms with Gasteiger partial charge in [-0.25, -0.2) is 4.98 Å². The van der Waals surface area contributed by atoms with Crippen molar-refractivity contribution in [3.05, 3.63) is 53.1 Å². The van der Waals surface area contributed by atoms with Gasteiger partial charge in [-0.05, 0) is 68.1 Å². The summed E-state index contributed by atoms with van der Waals surface area (Å²) in [5.41, 5.74) is 4.21. The maximum atomic E-state index is 13.7.